The lowest BCUT2D eigenvalue weighted by atomic mass is 9.79. The van der Waals surface area contributed by atoms with Gasteiger partial charge in [-0.05, 0) is 76.1 Å². The molecule has 1 saturated carbocycles. The molecular formula is C29H34ClN5O4. The molecule has 3 aromatic rings. The molecule has 0 bridgehead atoms. The number of alkyl carbamates (subject to hydrolysis) is 1. The summed E-state index contributed by atoms with van der Waals surface area (Å²) in [6, 6.07) is 17.7. The number of nitrogens with two attached hydrogens (primary N) is 1. The zero-order valence-corrected chi connectivity index (χ0v) is 23.1. The number of hydrazine groups is 1. The summed E-state index contributed by atoms with van der Waals surface area (Å²) in [5.74, 6) is 4.78. The summed E-state index contributed by atoms with van der Waals surface area (Å²) < 4.78 is 6.95. The molecule has 1 fully saturated rings. The van der Waals surface area contributed by atoms with Crippen molar-refractivity contribution in [2.75, 3.05) is 0 Å². The highest BCUT2D eigenvalue weighted by molar-refractivity contribution is 6.30. The van der Waals surface area contributed by atoms with Crippen LogP contribution in [0, 0.1) is 5.92 Å². The molecule has 10 heteroatoms. The van der Waals surface area contributed by atoms with Crippen LogP contribution in [-0.4, -0.2) is 27.4 Å². The van der Waals surface area contributed by atoms with Crippen LogP contribution in [0.1, 0.15) is 74.5 Å². The summed E-state index contributed by atoms with van der Waals surface area (Å²) in [4.78, 5) is 38.5. The molecule has 1 atom stereocenters. The van der Waals surface area contributed by atoms with Crippen LogP contribution in [0.5, 0.6) is 0 Å². The molecule has 0 radical (unpaired) electrons. The van der Waals surface area contributed by atoms with Gasteiger partial charge in [0.15, 0.2) is 0 Å². The Kier molecular flexibility index (Phi) is 8.72. The second-order valence-corrected chi connectivity index (χ2v) is 11.2. The van der Waals surface area contributed by atoms with Crippen LogP contribution in [0.2, 0.25) is 5.02 Å². The molecule has 1 aliphatic carbocycles. The molecule has 4 rings (SSSR count). The van der Waals surface area contributed by atoms with E-state index in [0.717, 1.165) is 11.1 Å². The smallest absolute Gasteiger partial charge is 0.408 e. The van der Waals surface area contributed by atoms with E-state index in [9.17, 15) is 14.4 Å². The van der Waals surface area contributed by atoms with Crippen molar-refractivity contribution in [1.29, 1.82) is 0 Å². The monoisotopic (exact) mass is 551 g/mol. The zero-order valence-electron chi connectivity index (χ0n) is 22.3. The first kappa shape index (κ1) is 28.3. The van der Waals surface area contributed by atoms with E-state index in [1.165, 1.54) is 10.7 Å². The molecule has 0 spiro atoms. The Morgan fingerprint density at radius 2 is 1.74 bits per heavy atom. The molecule has 2 aromatic carbocycles. The van der Waals surface area contributed by atoms with Gasteiger partial charge in [0.25, 0.3) is 11.5 Å². The van der Waals surface area contributed by atoms with Gasteiger partial charge in [0.05, 0.1) is 17.8 Å². The number of carbonyl (C=O) groups excluding carboxylic acids is 2. The van der Waals surface area contributed by atoms with Crippen molar-refractivity contribution in [3.05, 3.63) is 87.2 Å². The lowest BCUT2D eigenvalue weighted by Gasteiger charge is -2.35. The Morgan fingerprint density at radius 1 is 1.05 bits per heavy atom. The minimum Gasteiger partial charge on any atom is -0.444 e. The van der Waals surface area contributed by atoms with Crippen LogP contribution in [0.4, 0.5) is 4.79 Å². The van der Waals surface area contributed by atoms with Crippen molar-refractivity contribution in [2.45, 2.75) is 64.1 Å². The maximum absolute atomic E-state index is 13.3. The maximum atomic E-state index is 13.3. The second-order valence-electron chi connectivity index (χ2n) is 10.8. The topological polar surface area (TPSA) is 128 Å². The summed E-state index contributed by atoms with van der Waals surface area (Å²) in [5.41, 5.74) is 3.08. The van der Waals surface area contributed by atoms with Gasteiger partial charge in [0.2, 0.25) is 0 Å². The number of rotatable bonds is 6. The molecule has 206 valence electrons. The van der Waals surface area contributed by atoms with Gasteiger partial charge in [0, 0.05) is 10.6 Å². The number of hydrogen-bond acceptors (Lipinski definition) is 6. The minimum atomic E-state index is -0.662. The third kappa shape index (κ3) is 7.04. The lowest BCUT2D eigenvalue weighted by Crippen LogP contribution is -2.41. The first-order chi connectivity index (χ1) is 18.6. The Morgan fingerprint density at radius 3 is 2.36 bits per heavy atom. The number of nitrogens with one attached hydrogen (secondary N) is 2. The standard InChI is InChI=1S/C29H34ClN5O4/c1-29(2,3)39-28(38)32-25(20-10-7-11-21(30)16-20)19-12-14-22(15-13-19)35-27(37)23(26(36)33-31)17-24(34-35)18-8-5-4-6-9-18/h4-11,16-17,19,22,25H,12-15,31H2,1-3H3,(H,32,38)(H,33,36). The second kappa shape index (κ2) is 12.0. The minimum absolute atomic E-state index is 0.0585. The van der Waals surface area contributed by atoms with Crippen LogP contribution in [0.3, 0.4) is 0 Å². The number of halogens is 1. The highest BCUT2D eigenvalue weighted by atomic mass is 35.5. The number of benzene rings is 2. The molecule has 1 heterocycles. The van der Waals surface area contributed by atoms with Gasteiger partial charge in [0.1, 0.15) is 11.2 Å². The number of aromatic nitrogens is 2. The van der Waals surface area contributed by atoms with E-state index >= 15 is 0 Å². The van der Waals surface area contributed by atoms with Crippen molar-refractivity contribution in [3.8, 4) is 11.3 Å². The normalized spacial score (nSPS) is 18.2. The van der Waals surface area contributed by atoms with Crippen molar-refractivity contribution in [3.63, 3.8) is 0 Å². The number of ether oxygens (including phenoxy) is 1. The molecule has 1 aromatic heterocycles. The predicted molar refractivity (Wildman–Crippen MR) is 150 cm³/mol. The Labute approximate surface area is 232 Å². The number of nitrogen functional groups attached to an aromatic ring is 1. The third-order valence-corrected chi connectivity index (χ3v) is 7.05. The number of nitrogens with zero attached hydrogens (tertiary/aromatic N) is 2. The van der Waals surface area contributed by atoms with E-state index < -0.39 is 23.2 Å². The highest BCUT2D eigenvalue weighted by Crippen LogP contribution is 2.39. The van der Waals surface area contributed by atoms with Gasteiger partial charge in [-0.25, -0.2) is 15.3 Å². The van der Waals surface area contributed by atoms with Crippen LogP contribution in [0.15, 0.2) is 65.5 Å². The quantitative estimate of drug-likeness (QED) is 0.220. The van der Waals surface area contributed by atoms with Crippen molar-refractivity contribution in [2.24, 2.45) is 11.8 Å². The van der Waals surface area contributed by atoms with Gasteiger partial charge in [-0.3, -0.25) is 15.0 Å². The van der Waals surface area contributed by atoms with E-state index in [2.05, 4.69) is 15.8 Å². The fourth-order valence-electron chi connectivity index (χ4n) is 5.04. The first-order valence-electron chi connectivity index (χ1n) is 13.0. The molecule has 0 aliphatic heterocycles. The van der Waals surface area contributed by atoms with Gasteiger partial charge >= 0.3 is 6.09 Å². The summed E-state index contributed by atoms with van der Waals surface area (Å²) in [5, 5.41) is 8.27. The average Bonchev–Trinajstić information content (AvgIpc) is 2.91. The van der Waals surface area contributed by atoms with E-state index in [4.69, 9.17) is 22.2 Å². The van der Waals surface area contributed by atoms with Gasteiger partial charge in [-0.1, -0.05) is 54.1 Å². The maximum Gasteiger partial charge on any atom is 0.408 e. The summed E-state index contributed by atoms with van der Waals surface area (Å²) in [6.07, 6.45) is 2.18. The van der Waals surface area contributed by atoms with Crippen LogP contribution in [-0.2, 0) is 4.74 Å². The molecular weight excluding hydrogens is 518 g/mol. The largest absolute Gasteiger partial charge is 0.444 e. The Balaban J connectivity index is 1.60. The number of carbonyl (C=O) groups is 2. The Bertz CT molecular complexity index is 1380. The van der Waals surface area contributed by atoms with Crippen LogP contribution >= 0.6 is 11.6 Å². The molecule has 9 nitrogen and oxygen atoms in total. The molecule has 4 N–H and O–H groups in total. The molecule has 1 aliphatic rings. The Hall–Kier alpha value is -3.69. The number of hydrogen-bond donors (Lipinski definition) is 3. The predicted octanol–water partition coefficient (Wildman–Crippen LogP) is 5.16. The van der Waals surface area contributed by atoms with Crippen LogP contribution < -0.4 is 22.1 Å². The number of amides is 2. The first-order valence-corrected chi connectivity index (χ1v) is 13.4. The van der Waals surface area contributed by atoms with Gasteiger partial charge in [-0.2, -0.15) is 5.10 Å². The third-order valence-electron chi connectivity index (χ3n) is 6.82. The SMILES string of the molecule is CC(C)(C)OC(=O)NC(c1cccc(Cl)c1)C1CCC(n2nc(-c3ccccc3)cc(C(=O)NN)c2=O)CC1. The van der Waals surface area contributed by atoms with E-state index in [1.807, 2.05) is 69.3 Å². The molecule has 2 amide bonds. The average molecular weight is 552 g/mol. The van der Waals surface area contributed by atoms with E-state index in [-0.39, 0.29) is 23.6 Å². The highest BCUT2D eigenvalue weighted by Gasteiger charge is 2.33. The molecule has 39 heavy (non-hydrogen) atoms. The van der Waals surface area contributed by atoms with Crippen molar-refractivity contribution in [1.82, 2.24) is 20.5 Å². The van der Waals surface area contributed by atoms with Crippen molar-refractivity contribution >= 4 is 23.6 Å². The summed E-state index contributed by atoms with van der Waals surface area (Å²) in [7, 11) is 0. The van der Waals surface area contributed by atoms with E-state index in [0.29, 0.717) is 36.4 Å². The zero-order chi connectivity index (χ0) is 28.2. The van der Waals surface area contributed by atoms with Crippen molar-refractivity contribution < 1.29 is 14.3 Å². The van der Waals surface area contributed by atoms with Gasteiger partial charge < -0.3 is 10.1 Å². The molecule has 0 saturated heterocycles. The van der Waals surface area contributed by atoms with Gasteiger partial charge in [-0.15, -0.1) is 0 Å². The lowest BCUT2D eigenvalue weighted by molar-refractivity contribution is 0.0471. The van der Waals surface area contributed by atoms with E-state index in [1.54, 1.807) is 6.07 Å². The summed E-state index contributed by atoms with van der Waals surface area (Å²) >= 11 is 6.28. The fourth-order valence-corrected chi connectivity index (χ4v) is 5.24. The summed E-state index contributed by atoms with van der Waals surface area (Å²) in [6.45, 7) is 5.46. The van der Waals surface area contributed by atoms with Crippen LogP contribution in [0.25, 0.3) is 11.3 Å². The molecule has 1 unspecified atom stereocenters. The fraction of sp³-hybridized carbons (Fsp3) is 0.379.